The fourth-order valence-corrected chi connectivity index (χ4v) is 7.51. The molecule has 2 bridgehead atoms. The summed E-state index contributed by atoms with van der Waals surface area (Å²) in [5.74, 6) is 0.120. The molecule has 1 aromatic carbocycles. The Balaban J connectivity index is 1.44. The van der Waals surface area contributed by atoms with Gasteiger partial charge in [0.1, 0.15) is 0 Å². The third-order valence-electron chi connectivity index (χ3n) is 7.81. The molecule has 214 valence electrons. The number of benzene rings is 1. The Bertz CT molecular complexity index is 1300. The molecule has 0 amide bonds. The van der Waals surface area contributed by atoms with Gasteiger partial charge in [-0.25, -0.2) is 18.4 Å². The van der Waals surface area contributed by atoms with Crippen molar-refractivity contribution in [3.05, 3.63) is 42.2 Å². The number of ether oxygens (including phenoxy) is 1. The highest BCUT2D eigenvalue weighted by molar-refractivity contribution is 7.90. The molecule has 0 radical (unpaired) electrons. The minimum absolute atomic E-state index is 0.0454. The van der Waals surface area contributed by atoms with Crippen molar-refractivity contribution < 1.29 is 36.5 Å². The number of aliphatic hydroxyl groups is 2. The molecular weight excluding hydrogens is 559 g/mol. The Morgan fingerprint density at radius 3 is 2.49 bits per heavy atom. The van der Waals surface area contributed by atoms with E-state index in [0.717, 1.165) is 12.4 Å². The number of hydrogen-bond donors (Lipinski definition) is 3. The summed E-state index contributed by atoms with van der Waals surface area (Å²) in [4.78, 5) is 12.6. The monoisotopic (exact) mass is 589 g/mol. The second kappa shape index (κ2) is 10.4. The van der Waals surface area contributed by atoms with Gasteiger partial charge >= 0.3 is 6.18 Å². The zero-order chi connectivity index (χ0) is 28.2. The molecular formula is C24H30F3N5O5S2. The topological polar surface area (TPSA) is 119 Å². The molecule has 3 aliphatic rings. The lowest BCUT2D eigenvalue weighted by Crippen LogP contribution is -2.61. The highest BCUT2D eigenvalue weighted by Crippen LogP contribution is 2.38. The zero-order valence-corrected chi connectivity index (χ0v) is 22.8. The number of nitrogens with zero attached hydrogens (tertiary/aromatic N) is 5. The number of anilines is 1. The molecule has 0 unspecified atom stereocenters. The molecule has 2 N–H and O–H groups in total. The van der Waals surface area contributed by atoms with E-state index in [0.29, 0.717) is 38.0 Å². The van der Waals surface area contributed by atoms with Crippen molar-refractivity contribution in [2.24, 2.45) is 0 Å². The Morgan fingerprint density at radius 1 is 1.15 bits per heavy atom. The quantitative estimate of drug-likeness (QED) is 0.428. The van der Waals surface area contributed by atoms with Crippen LogP contribution in [0.15, 0.2) is 46.5 Å². The van der Waals surface area contributed by atoms with Gasteiger partial charge in [0.05, 0.1) is 36.3 Å². The first-order valence-electron chi connectivity index (χ1n) is 12.5. The molecule has 5 rings (SSSR count). The summed E-state index contributed by atoms with van der Waals surface area (Å²) in [6, 6.07) is 5.63. The van der Waals surface area contributed by atoms with Crippen molar-refractivity contribution in [3.8, 4) is 0 Å². The first-order valence-corrected chi connectivity index (χ1v) is 14.4. The first-order chi connectivity index (χ1) is 18.3. The molecule has 15 heteroatoms. The van der Waals surface area contributed by atoms with Crippen LogP contribution < -0.4 is 4.90 Å². The maximum Gasteiger partial charge on any atom is 0.421 e. The number of aromatic nitrogens is 2. The van der Waals surface area contributed by atoms with E-state index >= 15 is 0 Å². The number of aliphatic hydroxyl groups excluding tert-OH is 1. The van der Waals surface area contributed by atoms with Crippen LogP contribution in [0.1, 0.15) is 18.9 Å². The maximum atomic E-state index is 13.6. The minimum atomic E-state index is -4.92. The van der Waals surface area contributed by atoms with Crippen molar-refractivity contribution in [3.63, 3.8) is 0 Å². The number of sulfonamides is 1. The lowest BCUT2D eigenvalue weighted by molar-refractivity contribution is -0.259. The number of fused-ring (bicyclic) bond motifs is 2. The Morgan fingerprint density at radius 2 is 1.85 bits per heavy atom. The summed E-state index contributed by atoms with van der Waals surface area (Å²) in [5, 5.41) is 20.5. The average molecular weight is 590 g/mol. The van der Waals surface area contributed by atoms with Crippen LogP contribution in [0.25, 0.3) is 0 Å². The van der Waals surface area contributed by atoms with Gasteiger partial charge in [0, 0.05) is 55.1 Å². The van der Waals surface area contributed by atoms with Gasteiger partial charge in [0.2, 0.25) is 16.0 Å². The van der Waals surface area contributed by atoms with Crippen molar-refractivity contribution in [2.75, 3.05) is 44.3 Å². The van der Waals surface area contributed by atoms with E-state index in [1.807, 2.05) is 0 Å². The van der Waals surface area contributed by atoms with Gasteiger partial charge in [-0.15, -0.1) is 12.6 Å². The second-order valence-corrected chi connectivity index (χ2v) is 12.7. The lowest BCUT2D eigenvalue weighted by atomic mass is 9.99. The second-order valence-electron chi connectivity index (χ2n) is 10.3. The fourth-order valence-electron chi connectivity index (χ4n) is 5.45. The summed E-state index contributed by atoms with van der Waals surface area (Å²) in [6.07, 6.45) is -3.08. The average Bonchev–Trinajstić information content (AvgIpc) is 3.04. The van der Waals surface area contributed by atoms with Gasteiger partial charge in [0.25, 0.3) is 0 Å². The van der Waals surface area contributed by atoms with Crippen molar-refractivity contribution in [2.45, 2.75) is 59.1 Å². The number of alkyl halides is 3. The molecule has 2 aromatic rings. The lowest BCUT2D eigenvalue weighted by Gasteiger charge is -2.45. The van der Waals surface area contributed by atoms with E-state index in [9.17, 15) is 31.8 Å². The van der Waals surface area contributed by atoms with E-state index in [1.165, 1.54) is 10.4 Å². The van der Waals surface area contributed by atoms with E-state index in [1.54, 1.807) is 23.1 Å². The van der Waals surface area contributed by atoms with Crippen molar-refractivity contribution >= 4 is 28.6 Å². The van der Waals surface area contributed by atoms with Gasteiger partial charge < -0.3 is 19.8 Å². The van der Waals surface area contributed by atoms with E-state index in [4.69, 9.17) is 4.74 Å². The van der Waals surface area contributed by atoms with Crippen LogP contribution in [0.5, 0.6) is 0 Å². The molecule has 0 aliphatic carbocycles. The standard InChI is InChI=1S/C24H30F3N5O5S2/c1-23(34,24(25,26)27)15-9-28-22(29-10-15)31-7-6-30(39(35,36)21-5-3-2-4-20(21)38)11-17(31)12-32-16-8-19(33)18(32)14-37-13-16/h2-5,9-10,16-19,33-34,38H,6-8,11-14H2,1H3/t16-,17-,18-,19-,23+/m1/s1. The minimum Gasteiger partial charge on any atom is -0.391 e. The van der Waals surface area contributed by atoms with Crippen LogP contribution >= 0.6 is 12.6 Å². The summed E-state index contributed by atoms with van der Waals surface area (Å²) < 4.78 is 74.0. The van der Waals surface area contributed by atoms with Gasteiger partial charge in [-0.05, 0) is 25.5 Å². The third-order valence-corrected chi connectivity index (χ3v) is 10.3. The molecule has 3 saturated heterocycles. The largest absolute Gasteiger partial charge is 0.421 e. The zero-order valence-electron chi connectivity index (χ0n) is 21.1. The number of hydrogen-bond acceptors (Lipinski definition) is 10. The number of halogens is 3. The summed E-state index contributed by atoms with van der Waals surface area (Å²) in [5.41, 5.74) is -3.63. The SMILES string of the molecule is C[C@](O)(c1cnc(N2CCN(S(=O)(=O)c3ccccc3S)C[C@@H]2CN2[C@H]3COC[C@@H]2[C@H](O)C3)nc1)C(F)(F)F. The van der Waals surface area contributed by atoms with Crippen LogP contribution in [0.4, 0.5) is 19.1 Å². The van der Waals surface area contributed by atoms with Crippen LogP contribution in [0.3, 0.4) is 0 Å². The van der Waals surface area contributed by atoms with Crippen LogP contribution in [0.2, 0.25) is 0 Å². The third kappa shape index (κ3) is 5.25. The molecule has 1 aromatic heterocycles. The van der Waals surface area contributed by atoms with Gasteiger partial charge in [-0.1, -0.05) is 12.1 Å². The van der Waals surface area contributed by atoms with Crippen LogP contribution in [-0.4, -0.2) is 108 Å². The van der Waals surface area contributed by atoms with Crippen molar-refractivity contribution in [1.82, 2.24) is 19.2 Å². The van der Waals surface area contributed by atoms with Gasteiger partial charge in [0.15, 0.2) is 5.60 Å². The molecule has 3 aliphatic heterocycles. The molecule has 3 fully saturated rings. The van der Waals surface area contributed by atoms with Crippen molar-refractivity contribution in [1.29, 1.82) is 0 Å². The fraction of sp³-hybridized carbons (Fsp3) is 0.583. The normalized spacial score (nSPS) is 28.4. The Kier molecular flexibility index (Phi) is 7.63. The molecule has 0 spiro atoms. The van der Waals surface area contributed by atoms with E-state index in [-0.39, 0.29) is 42.6 Å². The molecule has 10 nitrogen and oxygen atoms in total. The number of morpholine rings is 1. The van der Waals surface area contributed by atoms with Gasteiger partial charge in [-0.3, -0.25) is 4.90 Å². The van der Waals surface area contributed by atoms with Gasteiger partial charge in [-0.2, -0.15) is 17.5 Å². The number of piperazine rings is 1. The predicted octanol–water partition coefficient (Wildman–Crippen LogP) is 1.25. The molecule has 0 saturated carbocycles. The Labute approximate surface area is 229 Å². The Hall–Kier alpha value is -2.01. The summed E-state index contributed by atoms with van der Waals surface area (Å²) in [6.45, 7) is 2.10. The molecule has 39 heavy (non-hydrogen) atoms. The summed E-state index contributed by atoms with van der Waals surface area (Å²) >= 11 is 4.32. The molecule has 4 heterocycles. The van der Waals surface area contributed by atoms with E-state index < -0.39 is 39.5 Å². The summed E-state index contributed by atoms with van der Waals surface area (Å²) in [7, 11) is -3.90. The number of thiol groups is 1. The highest BCUT2D eigenvalue weighted by Gasteiger charge is 2.52. The first kappa shape index (κ1) is 28.5. The number of rotatable bonds is 6. The van der Waals surface area contributed by atoms with Crippen LogP contribution in [0, 0.1) is 0 Å². The smallest absolute Gasteiger partial charge is 0.391 e. The molecule has 5 atom stereocenters. The van der Waals surface area contributed by atoms with E-state index in [2.05, 4.69) is 27.5 Å². The van der Waals surface area contributed by atoms with Crippen LogP contribution in [-0.2, 0) is 20.4 Å². The predicted molar refractivity (Wildman–Crippen MR) is 137 cm³/mol. The highest BCUT2D eigenvalue weighted by atomic mass is 32.2. The maximum absolute atomic E-state index is 13.6.